The zero-order valence-electron chi connectivity index (χ0n) is 5.84. The van der Waals surface area contributed by atoms with Crippen molar-refractivity contribution in [2.45, 2.75) is 0 Å². The molecule has 13 heavy (non-hydrogen) atoms. The van der Waals surface area contributed by atoms with E-state index in [0.717, 1.165) is 0 Å². The molecule has 0 aliphatic carbocycles. The van der Waals surface area contributed by atoms with Gasteiger partial charge in [-0.15, -0.1) is 0 Å². The van der Waals surface area contributed by atoms with E-state index < -0.39 is 18.1 Å². The molecular formula is H8CaMgO8Si3. The van der Waals surface area contributed by atoms with Crippen molar-refractivity contribution < 1.29 is 38.4 Å². The summed E-state index contributed by atoms with van der Waals surface area (Å²) in [5.74, 6) is 0. The van der Waals surface area contributed by atoms with Crippen LogP contribution in [0.1, 0.15) is 0 Å². The summed E-state index contributed by atoms with van der Waals surface area (Å²) in [5.41, 5.74) is 0. The third kappa shape index (κ3) is 395. The van der Waals surface area contributed by atoms with E-state index in [1.807, 2.05) is 0 Å². The van der Waals surface area contributed by atoms with Crippen LogP contribution in [0.4, 0.5) is 0 Å². The fourth-order valence-corrected chi connectivity index (χ4v) is 0. The molecule has 4 N–H and O–H groups in total. The summed E-state index contributed by atoms with van der Waals surface area (Å²) < 4.78 is 0. The van der Waals surface area contributed by atoms with Gasteiger partial charge in [0.15, 0.2) is 0 Å². The molecule has 0 saturated carbocycles. The molecule has 0 rings (SSSR count). The largest absolute Gasteiger partial charge is 2.00 e. The van der Waals surface area contributed by atoms with Crippen LogP contribution in [-0.4, -0.2) is 109 Å². The van der Waals surface area contributed by atoms with Gasteiger partial charge in [0.25, 0.3) is 0 Å². The van der Waals surface area contributed by atoms with E-state index in [1.165, 1.54) is 0 Å². The Morgan fingerprint density at radius 2 is 0.769 bits per heavy atom. The Morgan fingerprint density at radius 3 is 0.769 bits per heavy atom. The van der Waals surface area contributed by atoms with E-state index in [1.54, 1.807) is 0 Å². The molecule has 13 heteroatoms. The van der Waals surface area contributed by atoms with Gasteiger partial charge in [0.2, 0.25) is 0 Å². The minimum absolute atomic E-state index is 0. The van der Waals surface area contributed by atoms with Gasteiger partial charge < -0.3 is 47.4 Å². The summed E-state index contributed by atoms with van der Waals surface area (Å²) in [7, 11) is -10.2. The molecule has 72 valence electrons. The second-order valence-corrected chi connectivity index (χ2v) is 3.30. The van der Waals surface area contributed by atoms with Crippen LogP contribution in [0, 0.1) is 0 Å². The summed E-state index contributed by atoms with van der Waals surface area (Å²) in [6.45, 7) is 0. The second-order valence-electron chi connectivity index (χ2n) is 1.10. The van der Waals surface area contributed by atoms with Crippen LogP contribution in [0.2, 0.25) is 0 Å². The van der Waals surface area contributed by atoms with Crippen LogP contribution in [0.5, 0.6) is 0 Å². The standard InChI is InChI=1S/Ca.Mg.H4O4Si.O4Si.H4Si/c;;2*1-5(2,3)4;/h;;1-4H;;1H4/q2*+2;;-4;. The Kier molecular flexibility index (Phi) is 28.2. The summed E-state index contributed by atoms with van der Waals surface area (Å²) in [4.78, 5) is 63.6. The molecule has 0 aliphatic rings. The van der Waals surface area contributed by atoms with Crippen molar-refractivity contribution in [1.29, 1.82) is 0 Å². The third-order valence-corrected chi connectivity index (χ3v) is 0. The van der Waals surface area contributed by atoms with E-state index in [4.69, 9.17) is 38.4 Å². The Labute approximate surface area is 127 Å². The Hall–Kier alpha value is 2.36. The van der Waals surface area contributed by atoms with Gasteiger partial charge in [0.1, 0.15) is 0 Å². The van der Waals surface area contributed by atoms with Gasteiger partial charge in [-0.25, -0.2) is 0 Å². The minimum atomic E-state index is -5.61. The second kappa shape index (κ2) is 12.4. The van der Waals surface area contributed by atoms with Crippen molar-refractivity contribution in [3.05, 3.63) is 0 Å². The van der Waals surface area contributed by atoms with Crippen molar-refractivity contribution in [3.8, 4) is 0 Å². The minimum Gasteiger partial charge on any atom is -0.894 e. The van der Waals surface area contributed by atoms with Crippen molar-refractivity contribution >= 4 is 89.9 Å². The molecule has 0 aromatic rings. The Morgan fingerprint density at radius 1 is 0.769 bits per heavy atom. The zero-order valence-corrected chi connectivity index (χ0v) is 11.5. The fraction of sp³-hybridized carbons (Fsp3) is 0. The average Bonchev–Trinajstić information content (AvgIpc) is 1.12. The first kappa shape index (κ1) is 29.5. The average molecular weight is 285 g/mol. The van der Waals surface area contributed by atoms with E-state index in [2.05, 4.69) is 0 Å². The van der Waals surface area contributed by atoms with Crippen molar-refractivity contribution in [3.63, 3.8) is 0 Å². The monoisotopic (exact) mass is 284 g/mol. The van der Waals surface area contributed by atoms with Gasteiger partial charge in [-0.1, -0.05) is 0 Å². The van der Waals surface area contributed by atoms with Gasteiger partial charge in [0.05, 0.1) is 0 Å². The predicted octanol–water partition coefficient (Wildman–Crippen LogP) is -9.96. The molecule has 0 unspecified atom stereocenters. The maximum Gasteiger partial charge on any atom is 2.00 e. The van der Waals surface area contributed by atoms with Crippen LogP contribution >= 0.6 is 0 Å². The normalized spacial score (nSPS) is 9.23. The first-order valence-corrected chi connectivity index (χ1v) is 5.13. The molecule has 0 spiro atoms. The van der Waals surface area contributed by atoms with Gasteiger partial charge in [-0.05, 0) is 11.0 Å². The molecule has 8 nitrogen and oxygen atoms in total. The van der Waals surface area contributed by atoms with Crippen LogP contribution in [0.25, 0.3) is 0 Å². The topological polar surface area (TPSA) is 173 Å². The molecule has 0 fully saturated rings. The maximum absolute atomic E-state index is 8.58. The van der Waals surface area contributed by atoms with E-state index in [9.17, 15) is 0 Å². The first-order valence-electron chi connectivity index (χ1n) is 1.71. The summed E-state index contributed by atoms with van der Waals surface area (Å²) in [6, 6.07) is 0. The van der Waals surface area contributed by atoms with E-state index in [0.29, 0.717) is 0 Å². The van der Waals surface area contributed by atoms with Crippen LogP contribution in [0.15, 0.2) is 0 Å². The van der Waals surface area contributed by atoms with Gasteiger partial charge in [-0.2, -0.15) is 0 Å². The van der Waals surface area contributed by atoms with Gasteiger partial charge in [0, 0.05) is 0 Å². The summed E-state index contributed by atoms with van der Waals surface area (Å²) in [6.07, 6.45) is 0. The number of hydrogen-bond donors (Lipinski definition) is 4. The molecule has 0 saturated heterocycles. The predicted molar refractivity (Wildman–Crippen MR) is 43.2 cm³/mol. The van der Waals surface area contributed by atoms with Crippen LogP contribution < -0.4 is 19.2 Å². The molecule has 0 atom stereocenters. The Balaban J connectivity index is -0.0000000267. The van der Waals surface area contributed by atoms with Crippen LogP contribution in [-0.2, 0) is 0 Å². The first-order chi connectivity index (χ1) is 4.00. The van der Waals surface area contributed by atoms with Crippen molar-refractivity contribution in [1.82, 2.24) is 0 Å². The molecular weight excluding hydrogens is 277 g/mol. The molecule has 0 aromatic heterocycles. The number of hydrogen-bond acceptors (Lipinski definition) is 8. The Bertz CT molecular complexity index is 62.4. The quantitative estimate of drug-likeness (QED) is 0.317. The zero-order chi connectivity index (χ0) is 9.00. The summed E-state index contributed by atoms with van der Waals surface area (Å²) >= 11 is 0. The van der Waals surface area contributed by atoms with Gasteiger partial charge >= 0.3 is 69.8 Å². The molecule has 0 bridgehead atoms. The third-order valence-electron chi connectivity index (χ3n) is 0. The molecule has 0 amide bonds. The van der Waals surface area contributed by atoms with E-state index in [-0.39, 0.29) is 71.8 Å². The smallest absolute Gasteiger partial charge is 0.894 e. The summed E-state index contributed by atoms with van der Waals surface area (Å²) in [5, 5.41) is 0. The molecule has 0 radical (unpaired) electrons. The fourth-order valence-electron chi connectivity index (χ4n) is 0. The maximum atomic E-state index is 8.58. The number of rotatable bonds is 0. The molecule has 0 heterocycles. The SMILES string of the molecule is O[Si](O)(O)O.[Ca+2].[Mg+2].[O-][Si]([O-])([O-])[O-].[SiH4]. The molecule has 0 aromatic carbocycles. The van der Waals surface area contributed by atoms with Gasteiger partial charge in [-0.3, -0.25) is 0 Å². The molecule has 0 aliphatic heterocycles. The van der Waals surface area contributed by atoms with E-state index >= 15 is 0 Å². The van der Waals surface area contributed by atoms with Crippen molar-refractivity contribution in [2.75, 3.05) is 0 Å². The van der Waals surface area contributed by atoms with Crippen LogP contribution in [0.3, 0.4) is 0 Å². The van der Waals surface area contributed by atoms with Crippen molar-refractivity contribution in [2.24, 2.45) is 0 Å².